The van der Waals surface area contributed by atoms with Gasteiger partial charge in [-0.25, -0.2) is 8.42 Å². The lowest BCUT2D eigenvalue weighted by molar-refractivity contribution is -0.140. The number of halogens is 1. The number of nitrogens with one attached hydrogen (secondary N) is 1. The fourth-order valence-corrected chi connectivity index (χ4v) is 5.71. The van der Waals surface area contributed by atoms with Crippen molar-refractivity contribution in [2.75, 3.05) is 24.2 Å². The number of rotatable bonds is 13. The Balaban J connectivity index is 2.10. The van der Waals surface area contributed by atoms with Crippen LogP contribution < -0.4 is 14.4 Å². The Kier molecular flexibility index (Phi) is 11.4. The summed E-state index contributed by atoms with van der Waals surface area (Å²) in [5.74, 6) is -0.493. The average Bonchev–Trinajstić information content (AvgIpc) is 2.93. The first-order valence-corrected chi connectivity index (χ1v) is 16.1. The van der Waals surface area contributed by atoms with Crippen LogP contribution in [0.3, 0.4) is 0 Å². The van der Waals surface area contributed by atoms with E-state index in [0.717, 1.165) is 38.1 Å². The van der Waals surface area contributed by atoms with Gasteiger partial charge in [-0.1, -0.05) is 71.4 Å². The highest BCUT2D eigenvalue weighted by molar-refractivity contribution is 9.10. The molecule has 0 aliphatic carbocycles. The lowest BCUT2D eigenvalue weighted by Crippen LogP contribution is -2.54. The van der Waals surface area contributed by atoms with Gasteiger partial charge in [-0.2, -0.15) is 0 Å². The van der Waals surface area contributed by atoms with Gasteiger partial charge in [-0.05, 0) is 61.2 Å². The van der Waals surface area contributed by atoms with Crippen LogP contribution in [0.15, 0.2) is 77.3 Å². The van der Waals surface area contributed by atoms with Crippen molar-refractivity contribution in [1.82, 2.24) is 10.2 Å². The van der Waals surface area contributed by atoms with Crippen molar-refractivity contribution in [3.8, 4) is 5.75 Å². The van der Waals surface area contributed by atoms with E-state index in [1.54, 1.807) is 18.2 Å². The van der Waals surface area contributed by atoms with E-state index in [0.29, 0.717) is 5.75 Å². The fraction of sp³-hybridized carbons (Fsp3) is 0.355. The number of ether oxygens (including phenoxy) is 1. The van der Waals surface area contributed by atoms with E-state index in [4.69, 9.17) is 4.74 Å². The number of anilines is 1. The number of hydrogen-bond donors (Lipinski definition) is 1. The third-order valence-corrected chi connectivity index (χ3v) is 8.42. The molecule has 0 saturated heterocycles. The van der Waals surface area contributed by atoms with E-state index >= 15 is 0 Å². The quantitative estimate of drug-likeness (QED) is 0.280. The number of amides is 2. The SMILES string of the molecule is CC[C@@H](C)NC(=O)[C@H](Cc1ccccc1)N(Cc1cccc(Br)c1)C(=O)CN(c1cc(C)ccc1OC)S(C)(=O)=O. The smallest absolute Gasteiger partial charge is 0.244 e. The van der Waals surface area contributed by atoms with Crippen LogP contribution in [0.4, 0.5) is 5.69 Å². The third kappa shape index (κ3) is 9.06. The summed E-state index contributed by atoms with van der Waals surface area (Å²) in [6, 6.07) is 21.1. The van der Waals surface area contributed by atoms with Gasteiger partial charge in [0.25, 0.3) is 0 Å². The lowest BCUT2D eigenvalue weighted by Gasteiger charge is -2.34. The molecule has 220 valence electrons. The minimum Gasteiger partial charge on any atom is -0.495 e. The van der Waals surface area contributed by atoms with Gasteiger partial charge >= 0.3 is 0 Å². The van der Waals surface area contributed by atoms with Gasteiger partial charge in [0.05, 0.1) is 19.1 Å². The first-order chi connectivity index (χ1) is 19.4. The van der Waals surface area contributed by atoms with Gasteiger partial charge in [-0.3, -0.25) is 13.9 Å². The molecule has 0 unspecified atom stereocenters. The highest BCUT2D eigenvalue weighted by Gasteiger charge is 2.34. The molecule has 0 heterocycles. The molecule has 3 aromatic rings. The van der Waals surface area contributed by atoms with Crippen molar-refractivity contribution in [3.63, 3.8) is 0 Å². The summed E-state index contributed by atoms with van der Waals surface area (Å²) in [5, 5.41) is 3.03. The Morgan fingerprint density at radius 1 is 1.00 bits per heavy atom. The minimum atomic E-state index is -3.91. The number of carbonyl (C=O) groups excluding carboxylic acids is 2. The summed E-state index contributed by atoms with van der Waals surface area (Å²) < 4.78 is 33.4. The summed E-state index contributed by atoms with van der Waals surface area (Å²) in [7, 11) is -2.46. The molecule has 2 atom stereocenters. The summed E-state index contributed by atoms with van der Waals surface area (Å²) in [6.07, 6.45) is 2.03. The van der Waals surface area contributed by atoms with E-state index in [1.165, 1.54) is 12.0 Å². The second-order valence-electron chi connectivity index (χ2n) is 10.1. The van der Waals surface area contributed by atoms with E-state index < -0.39 is 28.5 Å². The molecule has 3 rings (SSSR count). The van der Waals surface area contributed by atoms with Crippen molar-refractivity contribution < 1.29 is 22.7 Å². The van der Waals surface area contributed by atoms with Crippen molar-refractivity contribution in [2.24, 2.45) is 0 Å². The van der Waals surface area contributed by atoms with E-state index in [9.17, 15) is 18.0 Å². The van der Waals surface area contributed by atoms with Crippen LogP contribution in [0.25, 0.3) is 0 Å². The molecule has 0 spiro atoms. The highest BCUT2D eigenvalue weighted by Crippen LogP contribution is 2.31. The highest BCUT2D eigenvalue weighted by atomic mass is 79.9. The van der Waals surface area contributed by atoms with Gasteiger partial charge < -0.3 is 15.0 Å². The minimum absolute atomic E-state index is 0.103. The van der Waals surface area contributed by atoms with E-state index in [-0.39, 0.29) is 30.6 Å². The molecule has 1 N–H and O–H groups in total. The van der Waals surface area contributed by atoms with Crippen LogP contribution in [-0.4, -0.2) is 57.1 Å². The molecular weight excluding hydrogens is 606 g/mol. The lowest BCUT2D eigenvalue weighted by atomic mass is 10.0. The zero-order valence-corrected chi connectivity index (χ0v) is 26.5. The summed E-state index contributed by atoms with van der Waals surface area (Å²) >= 11 is 3.49. The molecule has 0 saturated carbocycles. The molecule has 0 radical (unpaired) electrons. The topological polar surface area (TPSA) is 96.0 Å². The van der Waals surface area contributed by atoms with Crippen molar-refractivity contribution in [1.29, 1.82) is 0 Å². The number of benzene rings is 3. The van der Waals surface area contributed by atoms with E-state index in [2.05, 4.69) is 21.2 Å². The largest absolute Gasteiger partial charge is 0.495 e. The predicted octanol–water partition coefficient (Wildman–Crippen LogP) is 5.09. The second kappa shape index (κ2) is 14.5. The molecule has 3 aromatic carbocycles. The summed E-state index contributed by atoms with van der Waals surface area (Å²) in [4.78, 5) is 29.5. The number of methoxy groups -OCH3 is 1. The number of carbonyl (C=O) groups is 2. The normalized spacial score (nSPS) is 12.7. The zero-order valence-electron chi connectivity index (χ0n) is 24.1. The predicted molar refractivity (Wildman–Crippen MR) is 166 cm³/mol. The molecule has 8 nitrogen and oxygen atoms in total. The second-order valence-corrected chi connectivity index (χ2v) is 12.9. The first kappa shape index (κ1) is 32.1. The Morgan fingerprint density at radius 2 is 1.68 bits per heavy atom. The van der Waals surface area contributed by atoms with Crippen LogP contribution in [-0.2, 0) is 32.6 Å². The number of hydrogen-bond acceptors (Lipinski definition) is 5. The van der Waals surface area contributed by atoms with Crippen LogP contribution >= 0.6 is 15.9 Å². The maximum absolute atomic E-state index is 14.2. The molecule has 0 aliphatic heterocycles. The molecular formula is C31H38BrN3O5S. The van der Waals surface area contributed by atoms with Crippen LogP contribution in [0.5, 0.6) is 5.75 Å². The maximum Gasteiger partial charge on any atom is 0.244 e. The summed E-state index contributed by atoms with van der Waals surface area (Å²) in [6.45, 7) is 5.31. The molecule has 41 heavy (non-hydrogen) atoms. The molecule has 0 bridgehead atoms. The molecule has 0 fully saturated rings. The van der Waals surface area contributed by atoms with Gasteiger partial charge in [0.2, 0.25) is 21.8 Å². The maximum atomic E-state index is 14.2. The number of aryl methyl sites for hydroxylation is 1. The average molecular weight is 645 g/mol. The van der Waals surface area contributed by atoms with Gasteiger partial charge in [0.15, 0.2) is 0 Å². The fourth-order valence-electron chi connectivity index (χ4n) is 4.42. The van der Waals surface area contributed by atoms with Crippen LogP contribution in [0, 0.1) is 6.92 Å². The molecule has 2 amide bonds. The van der Waals surface area contributed by atoms with Gasteiger partial charge in [0.1, 0.15) is 18.3 Å². The van der Waals surface area contributed by atoms with Crippen molar-refractivity contribution in [3.05, 3.63) is 94.0 Å². The standard InChI is InChI=1S/C31H38BrN3O5S/c1-6-23(3)33-31(37)28(19-24-11-8-7-9-12-24)34(20-25-13-10-14-26(32)18-25)30(36)21-35(41(5,38)39)27-17-22(2)15-16-29(27)40-4/h7-18,23,28H,6,19-21H2,1-5H3,(H,33,37)/t23-,28+/m1/s1. The Bertz CT molecular complexity index is 1450. The summed E-state index contributed by atoms with van der Waals surface area (Å²) in [5.41, 5.74) is 2.74. The Labute approximate surface area is 251 Å². The molecule has 0 aliphatic rings. The Morgan fingerprint density at radius 3 is 2.29 bits per heavy atom. The van der Waals surface area contributed by atoms with Gasteiger partial charge in [0, 0.05) is 23.5 Å². The molecule has 0 aromatic heterocycles. The van der Waals surface area contributed by atoms with Crippen molar-refractivity contribution in [2.45, 2.75) is 52.2 Å². The molecule has 10 heteroatoms. The van der Waals surface area contributed by atoms with Crippen molar-refractivity contribution >= 4 is 43.5 Å². The monoisotopic (exact) mass is 643 g/mol. The third-order valence-electron chi connectivity index (χ3n) is 6.80. The van der Waals surface area contributed by atoms with E-state index in [1.807, 2.05) is 75.4 Å². The van der Waals surface area contributed by atoms with Gasteiger partial charge in [-0.15, -0.1) is 0 Å². The van der Waals surface area contributed by atoms with Crippen LogP contribution in [0.1, 0.15) is 37.0 Å². The zero-order chi connectivity index (χ0) is 30.2. The number of sulfonamides is 1. The first-order valence-electron chi connectivity index (χ1n) is 13.4. The number of nitrogens with zero attached hydrogens (tertiary/aromatic N) is 2. The Hall–Kier alpha value is -3.37. The van der Waals surface area contributed by atoms with Crippen LogP contribution in [0.2, 0.25) is 0 Å².